The Bertz CT molecular complexity index is 463. The number of carbonyl (C=O) groups is 1. The molecule has 0 aromatic carbocycles. The number of hydrogen-bond donors (Lipinski definition) is 1. The van der Waals surface area contributed by atoms with Crippen LogP contribution in [0.25, 0.3) is 0 Å². The fourth-order valence-corrected chi connectivity index (χ4v) is 4.37. The van der Waals surface area contributed by atoms with E-state index in [0.717, 1.165) is 25.6 Å². The minimum absolute atomic E-state index is 0.0238. The van der Waals surface area contributed by atoms with E-state index in [4.69, 9.17) is 4.74 Å². The fourth-order valence-electron chi connectivity index (χ4n) is 4.37. The zero-order chi connectivity index (χ0) is 16.8. The summed E-state index contributed by atoms with van der Waals surface area (Å²) < 4.78 is 5.67. The molecule has 0 aromatic heterocycles. The van der Waals surface area contributed by atoms with Crippen molar-refractivity contribution in [1.29, 1.82) is 0 Å². The van der Waals surface area contributed by atoms with Crippen molar-refractivity contribution in [3.63, 3.8) is 0 Å². The smallest absolute Gasteiger partial charge is 0.317 e. The number of methoxy groups -OCH3 is 1. The van der Waals surface area contributed by atoms with Crippen LogP contribution in [-0.4, -0.2) is 67.3 Å². The van der Waals surface area contributed by atoms with Crippen molar-refractivity contribution in [3.05, 3.63) is 0 Å². The molecule has 5 heteroatoms. The Balaban J connectivity index is 1.45. The maximum atomic E-state index is 12.5. The molecule has 1 aliphatic heterocycles. The van der Waals surface area contributed by atoms with Gasteiger partial charge in [0.25, 0.3) is 0 Å². The molecule has 1 saturated heterocycles. The molecular weight excluding hydrogens is 290 g/mol. The first-order chi connectivity index (χ1) is 10.8. The minimum Gasteiger partial charge on any atom is -0.378 e. The number of nitrogens with one attached hydrogen (secondary N) is 1. The van der Waals surface area contributed by atoms with Crippen molar-refractivity contribution >= 4 is 6.03 Å². The van der Waals surface area contributed by atoms with E-state index in [-0.39, 0.29) is 23.1 Å². The van der Waals surface area contributed by atoms with Crippen LogP contribution in [0.1, 0.15) is 46.5 Å². The van der Waals surface area contributed by atoms with E-state index in [9.17, 15) is 4.79 Å². The highest BCUT2D eigenvalue weighted by Crippen LogP contribution is 2.53. The highest BCUT2D eigenvalue weighted by atomic mass is 16.5. The lowest BCUT2D eigenvalue weighted by Crippen LogP contribution is -2.69. The predicted molar refractivity (Wildman–Crippen MR) is 91.5 cm³/mol. The van der Waals surface area contributed by atoms with Crippen LogP contribution in [0, 0.1) is 11.3 Å². The first kappa shape index (κ1) is 17.0. The molecule has 2 amide bonds. The Morgan fingerprint density at radius 3 is 2.57 bits per heavy atom. The zero-order valence-electron chi connectivity index (χ0n) is 15.4. The topological polar surface area (TPSA) is 44.8 Å². The van der Waals surface area contributed by atoms with E-state index in [2.05, 4.69) is 31.0 Å². The molecule has 23 heavy (non-hydrogen) atoms. The third-order valence-corrected chi connectivity index (χ3v) is 6.94. The lowest BCUT2D eigenvalue weighted by molar-refractivity contribution is -0.198. The monoisotopic (exact) mass is 323 g/mol. The van der Waals surface area contributed by atoms with Crippen molar-refractivity contribution in [2.24, 2.45) is 11.3 Å². The molecule has 0 radical (unpaired) electrons. The Labute approximate surface area is 140 Å². The van der Waals surface area contributed by atoms with Crippen molar-refractivity contribution < 1.29 is 9.53 Å². The number of hydrogen-bond acceptors (Lipinski definition) is 3. The largest absolute Gasteiger partial charge is 0.378 e. The van der Waals surface area contributed by atoms with Gasteiger partial charge >= 0.3 is 6.03 Å². The van der Waals surface area contributed by atoms with Crippen LogP contribution in [0.15, 0.2) is 0 Å². The Kier molecular flexibility index (Phi) is 4.38. The predicted octanol–water partition coefficient (Wildman–Crippen LogP) is 2.32. The molecule has 1 heterocycles. The number of likely N-dealkylation sites (tertiary alicyclic amines) is 1. The molecule has 0 unspecified atom stereocenters. The van der Waals surface area contributed by atoms with E-state index in [0.29, 0.717) is 5.92 Å². The van der Waals surface area contributed by atoms with Crippen molar-refractivity contribution in [3.8, 4) is 0 Å². The summed E-state index contributed by atoms with van der Waals surface area (Å²) in [5, 5.41) is 3.16. The fraction of sp³-hybridized carbons (Fsp3) is 0.944. The van der Waals surface area contributed by atoms with Gasteiger partial charge in [0.1, 0.15) is 0 Å². The Hall–Kier alpha value is -0.810. The minimum atomic E-state index is -0.136. The molecule has 0 aromatic rings. The summed E-state index contributed by atoms with van der Waals surface area (Å²) in [5.41, 5.74) is -0.160. The normalized spacial score (nSPS) is 36.6. The van der Waals surface area contributed by atoms with Gasteiger partial charge in [-0.25, -0.2) is 4.79 Å². The molecule has 1 N–H and O–H groups in total. The summed E-state index contributed by atoms with van der Waals surface area (Å²) in [4.78, 5) is 17.0. The first-order valence-electron chi connectivity index (χ1n) is 9.08. The van der Waals surface area contributed by atoms with Gasteiger partial charge in [-0.1, -0.05) is 13.8 Å². The Morgan fingerprint density at radius 1 is 1.30 bits per heavy atom. The summed E-state index contributed by atoms with van der Waals surface area (Å²) in [6.07, 6.45) is 4.87. The van der Waals surface area contributed by atoms with Gasteiger partial charge in [-0.2, -0.15) is 0 Å². The standard InChI is InChI=1S/C18H33N3O2/c1-17(2)15(10-18(17,3)23-5)20(4)16(22)19-11-13-8-9-21(12-13)14-6-7-14/h13-15H,6-12H2,1-5H3,(H,19,22)/t13-,15-,18-/m1/s1. The number of rotatable bonds is 5. The maximum absolute atomic E-state index is 12.5. The Morgan fingerprint density at radius 2 is 2.00 bits per heavy atom. The first-order valence-corrected chi connectivity index (χ1v) is 9.08. The van der Waals surface area contributed by atoms with Gasteiger partial charge in [0, 0.05) is 44.7 Å². The molecule has 3 rings (SSSR count). The molecule has 0 spiro atoms. The van der Waals surface area contributed by atoms with Gasteiger partial charge in [0.2, 0.25) is 0 Å². The van der Waals surface area contributed by atoms with Gasteiger partial charge in [-0.05, 0) is 45.1 Å². The summed E-state index contributed by atoms with van der Waals surface area (Å²) in [6.45, 7) is 9.70. The van der Waals surface area contributed by atoms with Crippen LogP contribution in [-0.2, 0) is 4.74 Å². The number of carbonyl (C=O) groups excluding carboxylic acids is 1. The van der Waals surface area contributed by atoms with Gasteiger partial charge < -0.3 is 19.9 Å². The van der Waals surface area contributed by atoms with Crippen LogP contribution in [0.3, 0.4) is 0 Å². The highest BCUT2D eigenvalue weighted by Gasteiger charge is 2.59. The van der Waals surface area contributed by atoms with Crippen LogP contribution >= 0.6 is 0 Å². The molecule has 3 aliphatic rings. The number of amides is 2. The van der Waals surface area contributed by atoms with Crippen molar-refractivity contribution in [1.82, 2.24) is 15.1 Å². The van der Waals surface area contributed by atoms with Gasteiger partial charge in [-0.3, -0.25) is 0 Å². The number of urea groups is 1. The van der Waals surface area contributed by atoms with Crippen molar-refractivity contribution in [2.75, 3.05) is 33.8 Å². The van der Waals surface area contributed by atoms with E-state index in [1.165, 1.54) is 25.8 Å². The second-order valence-electron chi connectivity index (χ2n) is 8.55. The summed E-state index contributed by atoms with van der Waals surface area (Å²) in [5.74, 6) is 0.617. The lowest BCUT2D eigenvalue weighted by atomic mass is 9.55. The van der Waals surface area contributed by atoms with Crippen molar-refractivity contribution in [2.45, 2.75) is 64.1 Å². The van der Waals surface area contributed by atoms with E-state index < -0.39 is 0 Å². The van der Waals surface area contributed by atoms with Crippen LogP contribution in [0.5, 0.6) is 0 Å². The average molecular weight is 323 g/mol. The molecule has 2 saturated carbocycles. The molecule has 0 bridgehead atoms. The molecule has 132 valence electrons. The highest BCUT2D eigenvalue weighted by molar-refractivity contribution is 5.74. The lowest BCUT2D eigenvalue weighted by Gasteiger charge is -2.61. The second-order valence-corrected chi connectivity index (χ2v) is 8.55. The van der Waals surface area contributed by atoms with Gasteiger partial charge in [0.05, 0.1) is 5.60 Å². The SMILES string of the molecule is CO[C@]1(C)C[C@@H](N(C)C(=O)NC[C@H]2CCN(C3CC3)C2)C1(C)C. The van der Waals surface area contributed by atoms with Gasteiger partial charge in [-0.15, -0.1) is 0 Å². The van der Waals surface area contributed by atoms with Crippen LogP contribution in [0.2, 0.25) is 0 Å². The van der Waals surface area contributed by atoms with Crippen LogP contribution < -0.4 is 5.32 Å². The van der Waals surface area contributed by atoms with E-state index in [1.54, 1.807) is 7.11 Å². The summed E-state index contributed by atoms with van der Waals surface area (Å²) >= 11 is 0. The van der Waals surface area contributed by atoms with Gasteiger partial charge in [0.15, 0.2) is 0 Å². The van der Waals surface area contributed by atoms with E-state index >= 15 is 0 Å². The third-order valence-electron chi connectivity index (χ3n) is 6.94. The molecule has 3 atom stereocenters. The summed E-state index contributed by atoms with van der Waals surface area (Å²) in [7, 11) is 3.69. The molecular formula is C18H33N3O2. The number of ether oxygens (including phenoxy) is 1. The average Bonchev–Trinajstić information content (AvgIpc) is 3.27. The molecule has 3 fully saturated rings. The van der Waals surface area contributed by atoms with Crippen LogP contribution in [0.4, 0.5) is 4.79 Å². The molecule has 5 nitrogen and oxygen atoms in total. The summed E-state index contributed by atoms with van der Waals surface area (Å²) in [6, 6.07) is 1.14. The quantitative estimate of drug-likeness (QED) is 0.844. The van der Waals surface area contributed by atoms with E-state index in [1.807, 2.05) is 11.9 Å². The zero-order valence-corrected chi connectivity index (χ0v) is 15.4. The second kappa shape index (κ2) is 5.92. The maximum Gasteiger partial charge on any atom is 0.317 e. The molecule has 2 aliphatic carbocycles. The number of nitrogens with zero attached hydrogens (tertiary/aromatic N) is 2. The third kappa shape index (κ3) is 2.98.